The van der Waals surface area contributed by atoms with Crippen LogP contribution in [0, 0.1) is 0 Å². The topological polar surface area (TPSA) is 45.1 Å². The molecule has 1 saturated carbocycles. The monoisotopic (exact) mass is 254 g/mol. The molecule has 94 valence electrons. The molecule has 2 N–H and O–H groups in total. The number of aromatic nitrogens is 1. The molecule has 1 aliphatic rings. The fourth-order valence-corrected chi connectivity index (χ4v) is 2.49. The molecule has 0 aromatic carbocycles. The van der Waals surface area contributed by atoms with Crippen LogP contribution < -0.4 is 5.32 Å². The molecular formula is C13H19ClN2O. The third kappa shape index (κ3) is 3.86. The molecule has 0 amide bonds. The number of pyridine rings is 1. The van der Waals surface area contributed by atoms with Crippen molar-refractivity contribution < 1.29 is 5.11 Å². The molecule has 1 heterocycles. The molecule has 0 bridgehead atoms. The molecule has 1 aliphatic carbocycles. The standard InChI is InChI=1S/C13H19ClN2O/c14-11-6-5-7-12(16-11)15-10-13(17)8-3-1-2-4-9-13/h5-7,17H,1-4,8-10H2,(H,15,16). The number of nitrogens with zero attached hydrogens (tertiary/aromatic N) is 1. The lowest BCUT2D eigenvalue weighted by atomic mass is 9.94. The van der Waals surface area contributed by atoms with E-state index in [2.05, 4.69) is 10.3 Å². The normalized spacial score (nSPS) is 19.6. The first-order valence-electron chi connectivity index (χ1n) is 6.27. The molecule has 4 heteroatoms. The van der Waals surface area contributed by atoms with Gasteiger partial charge in [0.2, 0.25) is 0 Å². The molecule has 0 atom stereocenters. The first-order valence-corrected chi connectivity index (χ1v) is 6.65. The lowest BCUT2D eigenvalue weighted by Crippen LogP contribution is -2.36. The molecular weight excluding hydrogens is 236 g/mol. The van der Waals surface area contributed by atoms with Gasteiger partial charge in [0.05, 0.1) is 5.60 Å². The van der Waals surface area contributed by atoms with Crippen LogP contribution in [0.1, 0.15) is 38.5 Å². The van der Waals surface area contributed by atoms with Crippen LogP contribution in [0.15, 0.2) is 18.2 Å². The van der Waals surface area contributed by atoms with Crippen molar-refractivity contribution in [2.75, 3.05) is 11.9 Å². The Labute approximate surface area is 107 Å². The van der Waals surface area contributed by atoms with Crippen LogP contribution in [0.3, 0.4) is 0 Å². The maximum Gasteiger partial charge on any atom is 0.131 e. The number of anilines is 1. The highest BCUT2D eigenvalue weighted by molar-refractivity contribution is 6.29. The third-order valence-electron chi connectivity index (χ3n) is 3.35. The highest BCUT2D eigenvalue weighted by Crippen LogP contribution is 2.27. The minimum Gasteiger partial charge on any atom is -0.388 e. The van der Waals surface area contributed by atoms with Crippen LogP contribution in [0.25, 0.3) is 0 Å². The van der Waals surface area contributed by atoms with E-state index < -0.39 is 5.60 Å². The molecule has 3 nitrogen and oxygen atoms in total. The van der Waals surface area contributed by atoms with E-state index in [1.165, 1.54) is 12.8 Å². The van der Waals surface area contributed by atoms with Gasteiger partial charge in [-0.05, 0) is 25.0 Å². The van der Waals surface area contributed by atoms with E-state index in [-0.39, 0.29) is 0 Å². The van der Waals surface area contributed by atoms with Gasteiger partial charge in [-0.2, -0.15) is 0 Å². The van der Waals surface area contributed by atoms with Crippen molar-refractivity contribution in [3.8, 4) is 0 Å². The van der Waals surface area contributed by atoms with Crippen molar-refractivity contribution >= 4 is 17.4 Å². The van der Waals surface area contributed by atoms with Gasteiger partial charge in [-0.15, -0.1) is 0 Å². The molecule has 0 saturated heterocycles. The second kappa shape index (κ2) is 5.69. The molecule has 0 spiro atoms. The highest BCUT2D eigenvalue weighted by atomic mass is 35.5. The van der Waals surface area contributed by atoms with Crippen LogP contribution >= 0.6 is 11.6 Å². The summed E-state index contributed by atoms with van der Waals surface area (Å²) in [6.07, 6.45) is 6.44. The van der Waals surface area contributed by atoms with Gasteiger partial charge in [0.1, 0.15) is 11.0 Å². The van der Waals surface area contributed by atoms with Crippen LogP contribution in [0.4, 0.5) is 5.82 Å². The lowest BCUT2D eigenvalue weighted by Gasteiger charge is -2.27. The number of aliphatic hydroxyl groups is 1. The van der Waals surface area contributed by atoms with Gasteiger partial charge >= 0.3 is 0 Å². The van der Waals surface area contributed by atoms with Crippen molar-refractivity contribution in [3.05, 3.63) is 23.4 Å². The molecule has 0 unspecified atom stereocenters. The zero-order chi connectivity index (χ0) is 12.1. The van der Waals surface area contributed by atoms with Gasteiger partial charge < -0.3 is 10.4 Å². The Morgan fingerprint density at radius 3 is 2.59 bits per heavy atom. The van der Waals surface area contributed by atoms with Crippen LogP contribution in [0.2, 0.25) is 5.15 Å². The lowest BCUT2D eigenvalue weighted by molar-refractivity contribution is 0.0380. The van der Waals surface area contributed by atoms with Crippen LogP contribution in [-0.2, 0) is 0 Å². The summed E-state index contributed by atoms with van der Waals surface area (Å²) in [6.45, 7) is 0.556. The van der Waals surface area contributed by atoms with Crippen molar-refractivity contribution in [1.29, 1.82) is 0 Å². The van der Waals surface area contributed by atoms with Crippen LogP contribution in [0.5, 0.6) is 0 Å². The SMILES string of the molecule is OC1(CNc2cccc(Cl)n2)CCCCCC1. The Bertz CT molecular complexity index is 362. The summed E-state index contributed by atoms with van der Waals surface area (Å²) in [5.74, 6) is 0.732. The maximum atomic E-state index is 10.5. The minimum absolute atomic E-state index is 0.475. The molecule has 2 rings (SSSR count). The summed E-state index contributed by atoms with van der Waals surface area (Å²) in [5, 5.41) is 14.1. The second-order valence-electron chi connectivity index (χ2n) is 4.84. The predicted molar refractivity (Wildman–Crippen MR) is 70.4 cm³/mol. The number of hydrogen-bond acceptors (Lipinski definition) is 3. The number of nitrogens with one attached hydrogen (secondary N) is 1. The first kappa shape index (κ1) is 12.7. The Kier molecular flexibility index (Phi) is 4.24. The summed E-state index contributed by atoms with van der Waals surface area (Å²) >= 11 is 5.81. The zero-order valence-corrected chi connectivity index (χ0v) is 10.7. The Morgan fingerprint density at radius 2 is 1.94 bits per heavy atom. The average molecular weight is 255 g/mol. The van der Waals surface area contributed by atoms with Gasteiger partial charge in [-0.25, -0.2) is 4.98 Å². The summed E-state index contributed by atoms with van der Waals surface area (Å²) < 4.78 is 0. The van der Waals surface area contributed by atoms with Crippen LogP contribution in [-0.4, -0.2) is 22.2 Å². The van der Waals surface area contributed by atoms with E-state index in [0.717, 1.165) is 31.5 Å². The summed E-state index contributed by atoms with van der Waals surface area (Å²) in [4.78, 5) is 4.16. The van der Waals surface area contributed by atoms with Crippen molar-refractivity contribution in [1.82, 2.24) is 4.98 Å². The fraction of sp³-hybridized carbons (Fsp3) is 0.615. The quantitative estimate of drug-likeness (QED) is 0.643. The number of halogens is 1. The number of hydrogen-bond donors (Lipinski definition) is 2. The number of rotatable bonds is 3. The van der Waals surface area contributed by atoms with E-state index >= 15 is 0 Å². The minimum atomic E-state index is -0.583. The molecule has 1 aromatic rings. The summed E-state index contributed by atoms with van der Waals surface area (Å²) in [6, 6.07) is 5.47. The van der Waals surface area contributed by atoms with Gasteiger partial charge in [0, 0.05) is 6.54 Å². The average Bonchev–Trinajstić information content (AvgIpc) is 2.53. The van der Waals surface area contributed by atoms with E-state index in [0.29, 0.717) is 11.7 Å². The molecule has 17 heavy (non-hydrogen) atoms. The van der Waals surface area contributed by atoms with E-state index in [1.807, 2.05) is 12.1 Å². The van der Waals surface area contributed by atoms with Gasteiger partial charge in [0.25, 0.3) is 0 Å². The zero-order valence-electron chi connectivity index (χ0n) is 9.95. The maximum absolute atomic E-state index is 10.5. The van der Waals surface area contributed by atoms with E-state index in [9.17, 15) is 5.11 Å². The van der Waals surface area contributed by atoms with Gasteiger partial charge in [-0.3, -0.25) is 0 Å². The van der Waals surface area contributed by atoms with E-state index in [4.69, 9.17) is 11.6 Å². The Morgan fingerprint density at radius 1 is 1.24 bits per heavy atom. The largest absolute Gasteiger partial charge is 0.388 e. The van der Waals surface area contributed by atoms with Gasteiger partial charge in [0.15, 0.2) is 0 Å². The first-order chi connectivity index (χ1) is 8.18. The molecule has 1 aromatic heterocycles. The summed E-state index contributed by atoms with van der Waals surface area (Å²) in [5.41, 5.74) is -0.583. The fourth-order valence-electron chi connectivity index (χ4n) is 2.33. The van der Waals surface area contributed by atoms with E-state index in [1.54, 1.807) is 6.07 Å². The van der Waals surface area contributed by atoms with Crippen molar-refractivity contribution in [2.45, 2.75) is 44.1 Å². The molecule has 0 radical (unpaired) electrons. The smallest absolute Gasteiger partial charge is 0.131 e. The third-order valence-corrected chi connectivity index (χ3v) is 3.56. The Balaban J connectivity index is 1.92. The van der Waals surface area contributed by atoms with Gasteiger partial charge in [-0.1, -0.05) is 43.4 Å². The molecule has 1 fully saturated rings. The molecule has 0 aliphatic heterocycles. The Hall–Kier alpha value is -0.800. The van der Waals surface area contributed by atoms with Crippen molar-refractivity contribution in [2.24, 2.45) is 0 Å². The highest BCUT2D eigenvalue weighted by Gasteiger charge is 2.27. The predicted octanol–water partition coefficient (Wildman–Crippen LogP) is 3.23. The van der Waals surface area contributed by atoms with Crippen molar-refractivity contribution in [3.63, 3.8) is 0 Å². The summed E-state index contributed by atoms with van der Waals surface area (Å²) in [7, 11) is 0. The second-order valence-corrected chi connectivity index (χ2v) is 5.22.